The highest BCUT2D eigenvalue weighted by Gasteiger charge is 2.34. The molecular formula is C29H26N2O6. The Labute approximate surface area is 213 Å². The largest absolute Gasteiger partial charge is 0.497 e. The van der Waals surface area contributed by atoms with Gasteiger partial charge in [-0.2, -0.15) is 0 Å². The molecule has 2 amide bonds. The van der Waals surface area contributed by atoms with Crippen molar-refractivity contribution in [3.05, 3.63) is 87.2 Å². The van der Waals surface area contributed by atoms with Gasteiger partial charge in [0.1, 0.15) is 23.9 Å². The monoisotopic (exact) mass is 498 g/mol. The normalized spacial score (nSPS) is 12.7. The second-order valence-electron chi connectivity index (χ2n) is 8.90. The number of amides is 2. The molecule has 1 aromatic heterocycles. The van der Waals surface area contributed by atoms with Crippen LogP contribution in [0.4, 0.5) is 0 Å². The molecule has 1 aliphatic heterocycles. The van der Waals surface area contributed by atoms with Crippen LogP contribution in [0.5, 0.6) is 17.2 Å². The van der Waals surface area contributed by atoms with E-state index in [4.69, 9.17) is 14.2 Å². The van der Waals surface area contributed by atoms with Gasteiger partial charge in [0.15, 0.2) is 0 Å². The average molecular weight is 499 g/mol. The van der Waals surface area contributed by atoms with Crippen molar-refractivity contribution in [2.24, 2.45) is 0 Å². The van der Waals surface area contributed by atoms with Crippen molar-refractivity contribution in [3.8, 4) is 28.5 Å². The van der Waals surface area contributed by atoms with Crippen molar-refractivity contribution < 1.29 is 23.8 Å². The van der Waals surface area contributed by atoms with Crippen LogP contribution < -0.4 is 19.8 Å². The SMILES string of the molecule is COc1cc(OC)c2c(=O)[nH]c(-c3cc(C)c(OCCN4C(=O)c5ccccc5C4=O)c(C)c3)cc2c1. The van der Waals surface area contributed by atoms with E-state index in [1.54, 1.807) is 43.5 Å². The molecule has 37 heavy (non-hydrogen) atoms. The highest BCUT2D eigenvalue weighted by Crippen LogP contribution is 2.33. The Hall–Kier alpha value is -4.59. The number of carbonyl (C=O) groups excluding carboxylic acids is 2. The van der Waals surface area contributed by atoms with Gasteiger partial charge in [0.05, 0.1) is 37.3 Å². The predicted octanol–water partition coefficient (Wildman–Crippen LogP) is 4.50. The molecule has 0 bridgehead atoms. The first-order valence-corrected chi connectivity index (χ1v) is 11.8. The fourth-order valence-corrected chi connectivity index (χ4v) is 4.79. The lowest BCUT2D eigenvalue weighted by Crippen LogP contribution is -2.33. The number of hydrogen-bond acceptors (Lipinski definition) is 6. The molecule has 188 valence electrons. The van der Waals surface area contributed by atoms with Gasteiger partial charge in [-0.3, -0.25) is 19.3 Å². The topological polar surface area (TPSA) is 97.9 Å². The number of hydrogen-bond donors (Lipinski definition) is 1. The lowest BCUT2D eigenvalue weighted by Gasteiger charge is -2.18. The number of pyridine rings is 1. The van der Waals surface area contributed by atoms with Gasteiger partial charge in [0.2, 0.25) is 0 Å². The van der Waals surface area contributed by atoms with Gasteiger partial charge in [0.25, 0.3) is 17.4 Å². The number of imide groups is 1. The summed E-state index contributed by atoms with van der Waals surface area (Å²) in [6.07, 6.45) is 0. The van der Waals surface area contributed by atoms with E-state index in [1.165, 1.54) is 12.0 Å². The summed E-state index contributed by atoms with van der Waals surface area (Å²) in [5.41, 5.74) is 3.78. The molecule has 1 aliphatic rings. The molecule has 8 heteroatoms. The number of aryl methyl sites for hydroxylation is 2. The van der Waals surface area contributed by atoms with Crippen LogP contribution in [0.2, 0.25) is 0 Å². The van der Waals surface area contributed by atoms with E-state index in [1.807, 2.05) is 32.0 Å². The number of fused-ring (bicyclic) bond motifs is 2. The molecule has 0 saturated heterocycles. The predicted molar refractivity (Wildman–Crippen MR) is 140 cm³/mol. The summed E-state index contributed by atoms with van der Waals surface area (Å²) < 4.78 is 16.8. The first-order valence-electron chi connectivity index (χ1n) is 11.8. The van der Waals surface area contributed by atoms with Crippen LogP contribution >= 0.6 is 0 Å². The molecule has 8 nitrogen and oxygen atoms in total. The maximum absolute atomic E-state index is 12.9. The van der Waals surface area contributed by atoms with E-state index in [2.05, 4.69) is 4.98 Å². The number of aromatic nitrogens is 1. The fraction of sp³-hybridized carbons (Fsp3) is 0.207. The Morgan fingerprint density at radius 3 is 2.08 bits per heavy atom. The van der Waals surface area contributed by atoms with Gasteiger partial charge in [-0.15, -0.1) is 0 Å². The third kappa shape index (κ3) is 4.20. The second-order valence-corrected chi connectivity index (χ2v) is 8.90. The van der Waals surface area contributed by atoms with E-state index >= 15 is 0 Å². The van der Waals surface area contributed by atoms with Crippen LogP contribution in [0.1, 0.15) is 31.8 Å². The average Bonchev–Trinajstić information content (AvgIpc) is 3.14. The molecule has 0 radical (unpaired) electrons. The van der Waals surface area contributed by atoms with E-state index < -0.39 is 0 Å². The minimum Gasteiger partial charge on any atom is -0.497 e. The Balaban J connectivity index is 1.38. The molecule has 0 aliphatic carbocycles. The highest BCUT2D eigenvalue weighted by molar-refractivity contribution is 6.21. The molecule has 0 spiro atoms. The Morgan fingerprint density at radius 1 is 0.838 bits per heavy atom. The van der Waals surface area contributed by atoms with Crippen LogP contribution in [0.3, 0.4) is 0 Å². The number of methoxy groups -OCH3 is 2. The molecule has 0 saturated carbocycles. The summed E-state index contributed by atoms with van der Waals surface area (Å²) in [7, 11) is 3.08. The van der Waals surface area contributed by atoms with Gasteiger partial charge in [0, 0.05) is 11.8 Å². The van der Waals surface area contributed by atoms with Gasteiger partial charge in [-0.05, 0) is 72.3 Å². The quantitative estimate of drug-likeness (QED) is 0.377. The second kappa shape index (κ2) is 9.46. The number of benzene rings is 3. The van der Waals surface area contributed by atoms with E-state index in [9.17, 15) is 14.4 Å². The Kier molecular flexibility index (Phi) is 6.17. The van der Waals surface area contributed by atoms with Crippen molar-refractivity contribution in [1.82, 2.24) is 9.88 Å². The molecule has 0 fully saturated rings. The van der Waals surface area contributed by atoms with E-state index in [-0.39, 0.29) is 30.5 Å². The number of H-pyrrole nitrogens is 1. The lowest BCUT2D eigenvalue weighted by molar-refractivity contribution is 0.0631. The summed E-state index contributed by atoms with van der Waals surface area (Å²) in [6, 6.07) is 16.0. The van der Waals surface area contributed by atoms with Crippen molar-refractivity contribution in [1.29, 1.82) is 0 Å². The van der Waals surface area contributed by atoms with Crippen LogP contribution in [0.25, 0.3) is 22.0 Å². The number of ether oxygens (including phenoxy) is 3. The zero-order valence-electron chi connectivity index (χ0n) is 21.0. The number of rotatable bonds is 7. The molecule has 0 unspecified atom stereocenters. The Morgan fingerprint density at radius 2 is 1.49 bits per heavy atom. The third-order valence-electron chi connectivity index (χ3n) is 6.55. The summed E-state index contributed by atoms with van der Waals surface area (Å²) in [5.74, 6) is 1.10. The molecule has 5 rings (SSSR count). The zero-order chi connectivity index (χ0) is 26.3. The maximum atomic E-state index is 12.9. The van der Waals surface area contributed by atoms with Crippen molar-refractivity contribution >= 4 is 22.6 Å². The van der Waals surface area contributed by atoms with E-state index in [0.717, 1.165) is 16.7 Å². The smallest absolute Gasteiger partial charge is 0.261 e. The van der Waals surface area contributed by atoms with Gasteiger partial charge < -0.3 is 19.2 Å². The van der Waals surface area contributed by atoms with Gasteiger partial charge in [-0.1, -0.05) is 12.1 Å². The van der Waals surface area contributed by atoms with Crippen LogP contribution in [0, 0.1) is 13.8 Å². The summed E-state index contributed by atoms with van der Waals surface area (Å²) >= 11 is 0. The highest BCUT2D eigenvalue weighted by atomic mass is 16.5. The van der Waals surface area contributed by atoms with Crippen molar-refractivity contribution in [3.63, 3.8) is 0 Å². The van der Waals surface area contributed by atoms with Crippen LogP contribution in [-0.4, -0.2) is 49.1 Å². The summed E-state index contributed by atoms with van der Waals surface area (Å²) in [4.78, 5) is 42.3. The number of nitrogens with zero attached hydrogens (tertiary/aromatic N) is 1. The van der Waals surface area contributed by atoms with Gasteiger partial charge in [-0.25, -0.2) is 0 Å². The standard InChI is InChI=1S/C29H26N2O6/c1-16-11-18(23-14-19-13-20(35-3)15-24(36-4)25(19)27(32)30-23)12-17(2)26(16)37-10-9-31-28(33)21-7-5-6-8-22(21)29(31)34/h5-8,11-15H,9-10H2,1-4H3,(H,30,32). The van der Waals surface area contributed by atoms with Crippen molar-refractivity contribution in [2.75, 3.05) is 27.4 Å². The molecule has 4 aromatic rings. The minimum absolute atomic E-state index is 0.147. The van der Waals surface area contributed by atoms with Gasteiger partial charge >= 0.3 is 0 Å². The molecular weight excluding hydrogens is 472 g/mol. The molecule has 0 atom stereocenters. The summed E-state index contributed by atoms with van der Waals surface area (Å²) in [6.45, 7) is 4.14. The number of nitrogens with one attached hydrogen (secondary N) is 1. The first-order chi connectivity index (χ1) is 17.8. The third-order valence-corrected chi connectivity index (χ3v) is 6.55. The maximum Gasteiger partial charge on any atom is 0.261 e. The zero-order valence-corrected chi connectivity index (χ0v) is 21.0. The van der Waals surface area contributed by atoms with Crippen LogP contribution in [0.15, 0.2) is 59.4 Å². The first kappa shape index (κ1) is 24.1. The van der Waals surface area contributed by atoms with Crippen LogP contribution in [-0.2, 0) is 0 Å². The number of aromatic amines is 1. The minimum atomic E-state index is -0.304. The fourth-order valence-electron chi connectivity index (χ4n) is 4.79. The molecule has 2 heterocycles. The molecule has 1 N–H and O–H groups in total. The Bertz CT molecular complexity index is 1560. The number of carbonyl (C=O) groups is 2. The van der Waals surface area contributed by atoms with Crippen molar-refractivity contribution in [2.45, 2.75) is 13.8 Å². The lowest BCUT2D eigenvalue weighted by atomic mass is 10.0. The summed E-state index contributed by atoms with van der Waals surface area (Å²) in [5, 5.41) is 1.15. The van der Waals surface area contributed by atoms with E-state index in [0.29, 0.717) is 44.8 Å². The molecule has 3 aromatic carbocycles.